The topological polar surface area (TPSA) is 84.5 Å². The smallest absolute Gasteiger partial charge is 0.241 e. The normalized spacial score (nSPS) is 16.8. The van der Waals surface area contributed by atoms with Gasteiger partial charge in [0.05, 0.1) is 17.5 Å². The second kappa shape index (κ2) is 6.62. The van der Waals surface area contributed by atoms with Crippen LogP contribution in [-0.4, -0.2) is 20.9 Å². The molecule has 0 aromatic heterocycles. The Morgan fingerprint density at radius 2 is 1.83 bits per heavy atom. The van der Waals surface area contributed by atoms with Crippen LogP contribution in [0.15, 0.2) is 53.4 Å². The average Bonchev–Trinajstić information content (AvgIpc) is 2.55. The number of ether oxygens (including phenoxy) is 1. The van der Waals surface area contributed by atoms with Crippen LogP contribution in [0.2, 0.25) is 0 Å². The zero-order valence-electron chi connectivity index (χ0n) is 13.2. The lowest BCUT2D eigenvalue weighted by atomic mass is 10.0. The molecule has 7 heteroatoms. The molecule has 1 atom stereocenters. The first-order valence-electron chi connectivity index (χ1n) is 7.57. The molecule has 24 heavy (non-hydrogen) atoms. The van der Waals surface area contributed by atoms with Gasteiger partial charge in [-0.3, -0.25) is 4.79 Å². The molecule has 0 saturated carbocycles. The molecule has 126 valence electrons. The van der Waals surface area contributed by atoms with E-state index in [2.05, 4.69) is 10.0 Å². The Hall–Kier alpha value is -2.38. The Kier molecular flexibility index (Phi) is 4.55. The van der Waals surface area contributed by atoms with Crippen molar-refractivity contribution in [2.24, 2.45) is 0 Å². The minimum atomic E-state index is -3.67. The van der Waals surface area contributed by atoms with Gasteiger partial charge >= 0.3 is 0 Å². The molecule has 0 aliphatic carbocycles. The van der Waals surface area contributed by atoms with Gasteiger partial charge in [-0.1, -0.05) is 18.2 Å². The number of fused-ring (bicyclic) bond motifs is 1. The van der Waals surface area contributed by atoms with Crippen LogP contribution in [0.25, 0.3) is 0 Å². The molecular weight excluding hydrogens is 328 g/mol. The number of rotatable bonds is 4. The van der Waals surface area contributed by atoms with Gasteiger partial charge < -0.3 is 10.1 Å². The van der Waals surface area contributed by atoms with E-state index in [0.29, 0.717) is 24.5 Å². The van der Waals surface area contributed by atoms with Gasteiger partial charge in [-0.15, -0.1) is 0 Å². The molecule has 2 aromatic rings. The number of nitrogens with one attached hydrogen (secondary N) is 2. The highest BCUT2D eigenvalue weighted by atomic mass is 32.2. The molecule has 6 nitrogen and oxygen atoms in total. The molecule has 1 heterocycles. The van der Waals surface area contributed by atoms with Crippen molar-refractivity contribution in [1.82, 2.24) is 4.72 Å². The predicted molar refractivity (Wildman–Crippen MR) is 90.4 cm³/mol. The van der Waals surface area contributed by atoms with Crippen LogP contribution >= 0.6 is 0 Å². The summed E-state index contributed by atoms with van der Waals surface area (Å²) in [7, 11) is -3.67. The van der Waals surface area contributed by atoms with Crippen molar-refractivity contribution < 1.29 is 17.9 Å². The lowest BCUT2D eigenvalue weighted by molar-refractivity contribution is -0.114. The fourth-order valence-electron chi connectivity index (χ4n) is 2.64. The van der Waals surface area contributed by atoms with Crippen molar-refractivity contribution in [2.75, 3.05) is 11.9 Å². The maximum absolute atomic E-state index is 12.6. The third-order valence-electron chi connectivity index (χ3n) is 3.74. The van der Waals surface area contributed by atoms with E-state index in [9.17, 15) is 13.2 Å². The SMILES string of the molecule is CC(=O)Nc1ccc(S(=O)(=O)NC2CCOc3ccccc32)cc1. The second-order valence-corrected chi connectivity index (χ2v) is 7.27. The van der Waals surface area contributed by atoms with E-state index in [0.717, 1.165) is 5.56 Å². The van der Waals surface area contributed by atoms with Crippen LogP contribution in [0.3, 0.4) is 0 Å². The first kappa shape index (κ1) is 16.5. The summed E-state index contributed by atoms with van der Waals surface area (Å²) in [6.07, 6.45) is 0.570. The third-order valence-corrected chi connectivity index (χ3v) is 5.23. The van der Waals surface area contributed by atoms with E-state index < -0.39 is 10.0 Å². The molecule has 0 fully saturated rings. The standard InChI is InChI=1S/C17H18N2O4S/c1-12(20)18-13-6-8-14(9-7-13)24(21,22)19-16-10-11-23-17-5-3-2-4-15(16)17/h2-9,16,19H,10-11H2,1H3,(H,18,20). The van der Waals surface area contributed by atoms with Gasteiger partial charge in [-0.2, -0.15) is 0 Å². The fraction of sp³-hybridized carbons (Fsp3) is 0.235. The maximum atomic E-state index is 12.6. The lowest BCUT2D eigenvalue weighted by Gasteiger charge is -2.26. The Labute approximate surface area is 140 Å². The molecule has 3 rings (SSSR count). The highest BCUT2D eigenvalue weighted by Gasteiger charge is 2.26. The molecule has 2 aromatic carbocycles. The first-order valence-corrected chi connectivity index (χ1v) is 9.06. The van der Waals surface area contributed by atoms with Gasteiger partial charge in [-0.05, 0) is 30.3 Å². The van der Waals surface area contributed by atoms with Crippen molar-refractivity contribution in [3.05, 3.63) is 54.1 Å². The number of hydrogen-bond donors (Lipinski definition) is 2. The fourth-order valence-corrected chi connectivity index (χ4v) is 3.89. The van der Waals surface area contributed by atoms with E-state index in [1.54, 1.807) is 12.1 Å². The monoisotopic (exact) mass is 346 g/mol. The quantitative estimate of drug-likeness (QED) is 0.890. The number of para-hydroxylation sites is 1. The van der Waals surface area contributed by atoms with E-state index in [-0.39, 0.29) is 16.8 Å². The Morgan fingerprint density at radius 3 is 2.54 bits per heavy atom. The minimum Gasteiger partial charge on any atom is -0.493 e. The molecular formula is C17H18N2O4S. The van der Waals surface area contributed by atoms with Crippen molar-refractivity contribution in [2.45, 2.75) is 24.3 Å². The molecule has 1 unspecified atom stereocenters. The molecule has 0 saturated heterocycles. The molecule has 1 aliphatic rings. The van der Waals surface area contributed by atoms with E-state index in [1.807, 2.05) is 24.3 Å². The second-order valence-electron chi connectivity index (χ2n) is 5.55. The summed E-state index contributed by atoms with van der Waals surface area (Å²) in [5, 5.41) is 2.61. The summed E-state index contributed by atoms with van der Waals surface area (Å²) in [6, 6.07) is 13.2. The number of hydrogen-bond acceptors (Lipinski definition) is 4. The summed E-state index contributed by atoms with van der Waals surface area (Å²) in [6.45, 7) is 1.86. The van der Waals surface area contributed by atoms with Crippen molar-refractivity contribution >= 4 is 21.6 Å². The number of anilines is 1. The summed E-state index contributed by atoms with van der Waals surface area (Å²) in [5.74, 6) is 0.500. The number of carbonyl (C=O) groups is 1. The van der Waals surface area contributed by atoms with Crippen LogP contribution in [-0.2, 0) is 14.8 Å². The largest absolute Gasteiger partial charge is 0.493 e. The van der Waals surface area contributed by atoms with Crippen LogP contribution in [0.5, 0.6) is 5.75 Å². The van der Waals surface area contributed by atoms with E-state index in [4.69, 9.17) is 4.74 Å². The molecule has 2 N–H and O–H groups in total. The van der Waals surface area contributed by atoms with Gasteiger partial charge in [0.25, 0.3) is 0 Å². The predicted octanol–water partition coefficient (Wildman–Crippen LogP) is 2.45. The number of benzene rings is 2. The van der Waals surface area contributed by atoms with Gasteiger partial charge in [0.2, 0.25) is 15.9 Å². The van der Waals surface area contributed by atoms with Gasteiger partial charge in [0, 0.05) is 24.6 Å². The molecule has 1 amide bonds. The number of carbonyl (C=O) groups excluding carboxylic acids is 1. The summed E-state index contributed by atoms with van der Waals surface area (Å²) in [5.41, 5.74) is 1.39. The van der Waals surface area contributed by atoms with Crippen molar-refractivity contribution in [3.8, 4) is 5.75 Å². The number of sulfonamides is 1. The highest BCUT2D eigenvalue weighted by Crippen LogP contribution is 2.32. The molecule has 0 bridgehead atoms. The van der Waals surface area contributed by atoms with Crippen LogP contribution < -0.4 is 14.8 Å². The molecule has 0 radical (unpaired) electrons. The first-order chi connectivity index (χ1) is 11.5. The lowest BCUT2D eigenvalue weighted by Crippen LogP contribution is -2.32. The molecule has 1 aliphatic heterocycles. The van der Waals surface area contributed by atoms with Crippen molar-refractivity contribution in [1.29, 1.82) is 0 Å². The molecule has 0 spiro atoms. The third kappa shape index (κ3) is 3.58. The highest BCUT2D eigenvalue weighted by molar-refractivity contribution is 7.89. The van der Waals surface area contributed by atoms with Crippen LogP contribution in [0.4, 0.5) is 5.69 Å². The average molecular weight is 346 g/mol. The van der Waals surface area contributed by atoms with Crippen LogP contribution in [0.1, 0.15) is 24.9 Å². The Morgan fingerprint density at radius 1 is 1.12 bits per heavy atom. The van der Waals surface area contributed by atoms with Gasteiger partial charge in [0.1, 0.15) is 5.75 Å². The number of amides is 1. The van der Waals surface area contributed by atoms with Crippen molar-refractivity contribution in [3.63, 3.8) is 0 Å². The summed E-state index contributed by atoms with van der Waals surface area (Å²) < 4.78 is 33.5. The zero-order valence-corrected chi connectivity index (χ0v) is 14.0. The minimum absolute atomic E-state index is 0.153. The summed E-state index contributed by atoms with van der Waals surface area (Å²) >= 11 is 0. The Bertz CT molecular complexity index is 847. The van der Waals surface area contributed by atoms with Gasteiger partial charge in [-0.25, -0.2) is 13.1 Å². The maximum Gasteiger partial charge on any atom is 0.241 e. The van der Waals surface area contributed by atoms with E-state index in [1.165, 1.54) is 19.1 Å². The van der Waals surface area contributed by atoms with Gasteiger partial charge in [0.15, 0.2) is 0 Å². The van der Waals surface area contributed by atoms with E-state index >= 15 is 0 Å². The summed E-state index contributed by atoms with van der Waals surface area (Å²) in [4.78, 5) is 11.2. The zero-order chi connectivity index (χ0) is 17.2. The Balaban J connectivity index is 1.81. The van der Waals surface area contributed by atoms with Crippen LogP contribution in [0, 0.1) is 0 Å².